The average molecular weight is 764 g/mol. The molecule has 8 nitrogen and oxygen atoms in total. The van der Waals surface area contributed by atoms with E-state index in [9.17, 15) is 5.11 Å². The zero-order chi connectivity index (χ0) is 31.1. The van der Waals surface area contributed by atoms with E-state index in [4.69, 9.17) is 33.5 Å². The Morgan fingerprint density at radius 1 is 0.786 bits per heavy atom. The van der Waals surface area contributed by atoms with Gasteiger partial charge < -0.3 is 15.7 Å². The van der Waals surface area contributed by atoms with Crippen molar-refractivity contribution in [1.29, 1.82) is 0 Å². The molecule has 42 heavy (non-hydrogen) atoms. The van der Waals surface area contributed by atoms with Crippen LogP contribution in [-0.4, -0.2) is 26.8 Å². The van der Waals surface area contributed by atoms with Gasteiger partial charge in [-0.05, 0) is 117 Å². The van der Waals surface area contributed by atoms with E-state index in [1.807, 2.05) is 24.5 Å². The first kappa shape index (κ1) is 34.5. The van der Waals surface area contributed by atoms with Crippen LogP contribution >= 0.6 is 9.53 Å². The predicted octanol–water partition coefficient (Wildman–Crippen LogP) is 6.66. The van der Waals surface area contributed by atoms with E-state index in [0.717, 1.165) is 59.8 Å². The zero-order valence-electron chi connectivity index (χ0n) is 24.0. The van der Waals surface area contributed by atoms with Crippen molar-refractivity contribution in [2.45, 2.75) is 83.4 Å². The molecule has 4 fully saturated rings. The summed E-state index contributed by atoms with van der Waals surface area (Å²) in [5.41, 5.74) is 4.50. The van der Waals surface area contributed by atoms with Crippen LogP contribution in [0.15, 0.2) is 36.7 Å². The number of fused-ring (bicyclic) bond motifs is 8. The molecule has 0 radical (unpaired) electrons. The van der Waals surface area contributed by atoms with E-state index in [2.05, 4.69) is 56.6 Å². The Balaban J connectivity index is 0.000000561. The van der Waals surface area contributed by atoms with Gasteiger partial charge in [0.25, 0.3) is 0 Å². The fourth-order valence-corrected chi connectivity index (χ4v) is 9.40. The SMILES string of the molecule is C[C@]12CCC3(C[C@@H]1CC[C@@H]1[C@@H]2CC[C@]2(C)[C@@H](O)CC[C@@H]12)Nc1cccnc1-c1ncccc1N3.[C-]#[O+].[C-]#[O+].[C-]#[O+].[Cl][Re]. The number of halogens is 1. The molecular formula is C32H38ClN4O4Re. The van der Waals surface area contributed by atoms with Gasteiger partial charge in [-0.2, -0.15) is 0 Å². The standard InChI is InChI=1S/C29H38N4O.3CO.ClH.Re/c1-27-13-14-29(32-22-5-3-15-30-25(22)26-23(33-29)6-4-16-31-26)17-18(27)7-8-19-20-9-10-24(34)28(20,2)12-11-21(19)27;3*1-2;;/h3-6,15-16,18-21,24,32-34H,7-14,17H2,1-2H3;;;;1H;/q;;;;;+1/p-1/t18-,19-,20-,21-,24-,27-,28-;;;;;/m0...../s1. The van der Waals surface area contributed by atoms with Gasteiger partial charge in [0.2, 0.25) is 0 Å². The van der Waals surface area contributed by atoms with Gasteiger partial charge in [0.05, 0.1) is 17.5 Å². The molecule has 10 heteroatoms. The Hall–Kier alpha value is -1.97. The van der Waals surface area contributed by atoms with E-state index in [-0.39, 0.29) is 17.2 Å². The third-order valence-corrected chi connectivity index (χ3v) is 11.3. The summed E-state index contributed by atoms with van der Waals surface area (Å²) in [4.78, 5) is 9.41. The summed E-state index contributed by atoms with van der Waals surface area (Å²) in [6.07, 6.45) is 14.6. The quantitative estimate of drug-likeness (QED) is 0.204. The fourth-order valence-electron chi connectivity index (χ4n) is 9.40. The number of nitrogens with zero attached hydrogens (tertiary/aromatic N) is 2. The second kappa shape index (κ2) is 14.7. The van der Waals surface area contributed by atoms with Gasteiger partial charge in [0.15, 0.2) is 0 Å². The minimum atomic E-state index is -0.157. The van der Waals surface area contributed by atoms with Crippen molar-refractivity contribution in [3.63, 3.8) is 0 Å². The number of pyridine rings is 2. The zero-order valence-corrected chi connectivity index (χ0v) is 27.5. The third kappa shape index (κ3) is 5.90. The number of aliphatic hydroxyl groups is 1. The summed E-state index contributed by atoms with van der Waals surface area (Å²) < 4.78 is 22.5. The van der Waals surface area contributed by atoms with Gasteiger partial charge >= 0.3 is 61.6 Å². The molecule has 7 rings (SSSR count). The summed E-state index contributed by atoms with van der Waals surface area (Å²) in [6.45, 7) is 18.5. The van der Waals surface area contributed by atoms with Crippen LogP contribution in [-0.2, 0) is 32.1 Å². The molecule has 1 aliphatic heterocycles. The normalized spacial score (nSPS) is 33.9. The van der Waals surface area contributed by atoms with Crippen molar-refractivity contribution in [3.8, 4) is 11.4 Å². The molecular weight excluding hydrogens is 726 g/mol. The Bertz CT molecular complexity index is 1210. The van der Waals surface area contributed by atoms with E-state index in [1.165, 1.54) is 56.7 Å². The maximum absolute atomic E-state index is 10.8. The molecule has 0 unspecified atom stereocenters. The van der Waals surface area contributed by atoms with Gasteiger partial charge in [-0.3, -0.25) is 9.97 Å². The molecule has 0 aromatic carbocycles. The van der Waals surface area contributed by atoms with E-state index in [1.54, 1.807) is 0 Å². The van der Waals surface area contributed by atoms with Gasteiger partial charge in [-0.1, -0.05) is 13.8 Å². The molecule has 0 saturated heterocycles. The first-order valence-electron chi connectivity index (χ1n) is 14.3. The molecule has 0 bridgehead atoms. The monoisotopic (exact) mass is 764 g/mol. The number of aromatic nitrogens is 2. The van der Waals surface area contributed by atoms with Crippen LogP contribution < -0.4 is 10.6 Å². The number of hydrogen-bond donors (Lipinski definition) is 3. The van der Waals surface area contributed by atoms with Gasteiger partial charge in [0, 0.05) is 12.4 Å². The second-order valence-corrected chi connectivity index (χ2v) is 12.6. The second-order valence-electron chi connectivity index (χ2n) is 12.6. The van der Waals surface area contributed by atoms with Crippen molar-refractivity contribution in [1.82, 2.24) is 9.97 Å². The summed E-state index contributed by atoms with van der Waals surface area (Å²) >= 11 is 1.19. The first-order chi connectivity index (χ1) is 20.4. The third-order valence-electron chi connectivity index (χ3n) is 11.3. The Morgan fingerprint density at radius 3 is 1.90 bits per heavy atom. The van der Waals surface area contributed by atoms with Crippen molar-refractivity contribution in [2.75, 3.05) is 10.6 Å². The number of aliphatic hydroxyl groups excluding tert-OH is 1. The van der Waals surface area contributed by atoms with E-state index in [0.29, 0.717) is 11.3 Å². The number of hydrogen-bond acceptors (Lipinski definition) is 5. The summed E-state index contributed by atoms with van der Waals surface area (Å²) in [6, 6.07) is 8.38. The van der Waals surface area contributed by atoms with Crippen LogP contribution in [0.2, 0.25) is 0 Å². The predicted molar refractivity (Wildman–Crippen MR) is 153 cm³/mol. The number of nitrogens with one attached hydrogen (secondary N) is 2. The Morgan fingerprint density at radius 2 is 1.33 bits per heavy atom. The summed E-state index contributed by atoms with van der Waals surface area (Å²) in [5, 5.41) is 18.7. The molecule has 3 N–H and O–H groups in total. The minimum absolute atomic E-state index is 0.0830. The van der Waals surface area contributed by atoms with Crippen LogP contribution in [0.4, 0.5) is 11.4 Å². The fraction of sp³-hybridized carbons (Fsp3) is 0.594. The molecule has 224 valence electrons. The molecule has 2 aromatic rings. The van der Waals surface area contributed by atoms with Crippen molar-refractivity contribution in [2.24, 2.45) is 34.5 Å². The van der Waals surface area contributed by atoms with Gasteiger partial charge in [-0.15, -0.1) is 0 Å². The van der Waals surface area contributed by atoms with Crippen LogP contribution in [0.1, 0.15) is 71.6 Å². The molecule has 0 amide bonds. The topological polar surface area (TPSA) is 130 Å². The number of rotatable bonds is 0. The van der Waals surface area contributed by atoms with Crippen LogP contribution in [0.3, 0.4) is 0 Å². The Labute approximate surface area is 263 Å². The molecule has 1 spiro atoms. The van der Waals surface area contributed by atoms with Crippen LogP contribution in [0.25, 0.3) is 11.4 Å². The molecule has 2 aromatic heterocycles. The van der Waals surface area contributed by atoms with Crippen molar-refractivity contribution < 1.29 is 37.2 Å². The molecule has 7 atom stereocenters. The van der Waals surface area contributed by atoms with Crippen molar-refractivity contribution in [3.05, 3.63) is 56.6 Å². The van der Waals surface area contributed by atoms with Crippen LogP contribution in [0.5, 0.6) is 0 Å². The average Bonchev–Trinajstić information content (AvgIpc) is 3.28. The summed E-state index contributed by atoms with van der Waals surface area (Å²) in [7, 11) is 4.69. The summed E-state index contributed by atoms with van der Waals surface area (Å²) in [5.74, 6) is 3.04. The van der Waals surface area contributed by atoms with Gasteiger partial charge in [-0.25, -0.2) is 0 Å². The Kier molecular flexibility index (Phi) is 12.1. The molecule has 3 heterocycles. The van der Waals surface area contributed by atoms with E-state index >= 15 is 0 Å². The van der Waals surface area contributed by atoms with Gasteiger partial charge in [0.1, 0.15) is 17.1 Å². The van der Waals surface area contributed by atoms with Crippen molar-refractivity contribution >= 4 is 20.9 Å². The first-order valence-corrected chi connectivity index (χ1v) is 17.7. The molecule has 4 aliphatic carbocycles. The van der Waals surface area contributed by atoms with E-state index < -0.39 is 0 Å². The van der Waals surface area contributed by atoms with Crippen LogP contribution in [0, 0.1) is 54.5 Å². The maximum atomic E-state index is 10.8. The molecule has 5 aliphatic rings. The number of anilines is 2. The molecule has 4 saturated carbocycles.